The van der Waals surface area contributed by atoms with Crippen LogP contribution in [0.2, 0.25) is 0 Å². The quantitative estimate of drug-likeness (QED) is 0.470. The van der Waals surface area contributed by atoms with E-state index in [2.05, 4.69) is 17.2 Å². The fourth-order valence-corrected chi connectivity index (χ4v) is 3.42. The van der Waals surface area contributed by atoms with Crippen LogP contribution in [0.3, 0.4) is 0 Å². The second kappa shape index (κ2) is 9.47. The molecule has 162 valence electrons. The van der Waals surface area contributed by atoms with Crippen molar-refractivity contribution in [3.05, 3.63) is 94.5 Å². The number of nitrogens with two attached hydrogens (primary N) is 1. The summed E-state index contributed by atoms with van der Waals surface area (Å²) in [4.78, 5) is 24.2. The van der Waals surface area contributed by atoms with Crippen LogP contribution in [0, 0.1) is 18.8 Å². The summed E-state index contributed by atoms with van der Waals surface area (Å²) in [6, 6.07) is 17.8. The molecule has 0 saturated carbocycles. The van der Waals surface area contributed by atoms with E-state index in [0.717, 1.165) is 0 Å². The molecular formula is C24H20N2O5S. The number of methoxy groups -OCH3 is 1. The monoisotopic (exact) mass is 448 g/mol. The summed E-state index contributed by atoms with van der Waals surface area (Å²) in [6.45, 7) is 1.70. The van der Waals surface area contributed by atoms with E-state index >= 15 is 0 Å². The molecule has 0 aliphatic carbocycles. The van der Waals surface area contributed by atoms with E-state index in [9.17, 15) is 18.0 Å². The number of hydrogen-bond acceptors (Lipinski definition) is 5. The van der Waals surface area contributed by atoms with Gasteiger partial charge < -0.3 is 10.1 Å². The smallest absolute Gasteiger partial charge is 0.337 e. The average Bonchev–Trinajstić information content (AvgIpc) is 2.77. The second-order valence-electron chi connectivity index (χ2n) is 6.88. The average molecular weight is 449 g/mol. The fraction of sp³-hybridized carbons (Fsp3) is 0.0833. The highest BCUT2D eigenvalue weighted by Crippen LogP contribution is 2.17. The maximum Gasteiger partial charge on any atom is 0.337 e. The van der Waals surface area contributed by atoms with Gasteiger partial charge in [-0.05, 0) is 61.0 Å². The van der Waals surface area contributed by atoms with Gasteiger partial charge in [0.05, 0.1) is 17.6 Å². The van der Waals surface area contributed by atoms with Gasteiger partial charge in [-0.2, -0.15) is 0 Å². The number of nitrogens with one attached hydrogen (secondary N) is 1. The third-order valence-electron chi connectivity index (χ3n) is 4.54. The summed E-state index contributed by atoms with van der Waals surface area (Å²) < 4.78 is 27.9. The van der Waals surface area contributed by atoms with E-state index in [0.29, 0.717) is 27.9 Å². The number of primary sulfonamides is 1. The predicted octanol–water partition coefficient (Wildman–Crippen LogP) is 3.08. The minimum atomic E-state index is -3.93. The van der Waals surface area contributed by atoms with E-state index in [-0.39, 0.29) is 10.5 Å². The Balaban J connectivity index is 1.82. The van der Waals surface area contributed by atoms with E-state index in [1.165, 1.54) is 25.3 Å². The number of hydrogen-bond donors (Lipinski definition) is 2. The Hall–Kier alpha value is -3.93. The van der Waals surface area contributed by atoms with Crippen molar-refractivity contribution < 1.29 is 22.7 Å². The molecule has 0 heterocycles. The number of anilines is 1. The second-order valence-corrected chi connectivity index (χ2v) is 8.44. The summed E-state index contributed by atoms with van der Waals surface area (Å²) in [7, 11) is -2.61. The number of aryl methyl sites for hydroxylation is 1. The van der Waals surface area contributed by atoms with Gasteiger partial charge in [-0.3, -0.25) is 4.79 Å². The third kappa shape index (κ3) is 5.60. The normalized spacial score (nSPS) is 10.6. The Bertz CT molecular complexity index is 1370. The number of esters is 1. The summed E-state index contributed by atoms with van der Waals surface area (Å²) in [5, 5.41) is 7.91. The van der Waals surface area contributed by atoms with Gasteiger partial charge in [0, 0.05) is 22.4 Å². The van der Waals surface area contributed by atoms with Gasteiger partial charge in [0.1, 0.15) is 0 Å². The van der Waals surface area contributed by atoms with Crippen LogP contribution in [0.1, 0.15) is 37.4 Å². The molecule has 7 nitrogen and oxygen atoms in total. The van der Waals surface area contributed by atoms with Gasteiger partial charge in [-0.1, -0.05) is 30.0 Å². The zero-order chi connectivity index (χ0) is 23.3. The maximum atomic E-state index is 12.7. The van der Waals surface area contributed by atoms with Crippen molar-refractivity contribution in [2.45, 2.75) is 11.8 Å². The highest BCUT2D eigenvalue weighted by atomic mass is 32.2. The number of rotatable bonds is 4. The molecule has 32 heavy (non-hydrogen) atoms. The molecule has 0 aliphatic heterocycles. The molecule has 0 unspecified atom stereocenters. The van der Waals surface area contributed by atoms with E-state index < -0.39 is 21.9 Å². The fourth-order valence-electron chi connectivity index (χ4n) is 2.88. The lowest BCUT2D eigenvalue weighted by molar-refractivity contribution is 0.0600. The van der Waals surface area contributed by atoms with E-state index in [1.807, 2.05) is 0 Å². The van der Waals surface area contributed by atoms with Crippen molar-refractivity contribution >= 4 is 27.6 Å². The number of carbonyl (C=O) groups is 2. The first-order chi connectivity index (χ1) is 15.2. The van der Waals surface area contributed by atoms with Gasteiger partial charge >= 0.3 is 5.97 Å². The van der Waals surface area contributed by atoms with E-state index in [1.54, 1.807) is 55.5 Å². The first kappa shape index (κ1) is 22.7. The van der Waals surface area contributed by atoms with Crippen molar-refractivity contribution in [3.63, 3.8) is 0 Å². The number of carbonyl (C=O) groups excluding carboxylic acids is 2. The highest BCUT2D eigenvalue weighted by Gasteiger charge is 2.15. The van der Waals surface area contributed by atoms with Crippen LogP contribution in [0.5, 0.6) is 0 Å². The Morgan fingerprint density at radius 3 is 2.25 bits per heavy atom. The summed E-state index contributed by atoms with van der Waals surface area (Å²) in [5.41, 5.74) is 2.98. The Morgan fingerprint density at radius 1 is 0.938 bits per heavy atom. The molecule has 0 spiro atoms. The Labute approximate surface area is 186 Å². The van der Waals surface area contributed by atoms with Crippen LogP contribution in [0.15, 0.2) is 71.6 Å². The first-order valence-electron chi connectivity index (χ1n) is 9.42. The lowest BCUT2D eigenvalue weighted by Crippen LogP contribution is -2.17. The lowest BCUT2D eigenvalue weighted by atomic mass is 10.1. The molecule has 0 aliphatic rings. The van der Waals surface area contributed by atoms with Gasteiger partial charge in [0.2, 0.25) is 10.0 Å². The SMILES string of the molecule is COC(=O)c1cccc(C#Cc2cccc(NC(=O)c3cc(S(N)(=O)=O)ccc3C)c2)c1. The van der Waals surface area contributed by atoms with Gasteiger partial charge in [0.15, 0.2) is 0 Å². The molecule has 3 N–H and O–H groups in total. The molecule has 0 aromatic heterocycles. The Morgan fingerprint density at radius 2 is 1.59 bits per heavy atom. The number of ether oxygens (including phenoxy) is 1. The molecule has 0 fully saturated rings. The number of sulfonamides is 1. The predicted molar refractivity (Wildman–Crippen MR) is 121 cm³/mol. The van der Waals surface area contributed by atoms with Crippen LogP contribution in [0.4, 0.5) is 5.69 Å². The minimum absolute atomic E-state index is 0.137. The largest absolute Gasteiger partial charge is 0.465 e. The van der Waals surface area contributed by atoms with Crippen molar-refractivity contribution in [3.8, 4) is 11.8 Å². The Kier molecular flexibility index (Phi) is 6.73. The van der Waals surface area contributed by atoms with Gasteiger partial charge in [0.25, 0.3) is 5.91 Å². The molecule has 0 bridgehead atoms. The molecule has 1 amide bonds. The number of amides is 1. The summed E-state index contributed by atoms with van der Waals surface area (Å²) >= 11 is 0. The van der Waals surface area contributed by atoms with E-state index in [4.69, 9.17) is 9.88 Å². The standard InChI is InChI=1S/C24H20N2O5S/c1-16-9-12-21(32(25,29)30)15-22(16)23(27)26-20-8-4-6-18(14-20)11-10-17-5-3-7-19(13-17)24(28)31-2/h3-9,12-15H,1-2H3,(H,26,27)(H2,25,29,30). The summed E-state index contributed by atoms with van der Waals surface area (Å²) in [6.07, 6.45) is 0. The number of benzene rings is 3. The van der Waals surface area contributed by atoms with Crippen LogP contribution in [-0.2, 0) is 14.8 Å². The first-order valence-corrected chi connectivity index (χ1v) is 11.0. The molecule has 0 radical (unpaired) electrons. The van der Waals surface area contributed by atoms with Crippen molar-refractivity contribution in [2.75, 3.05) is 12.4 Å². The molecular weight excluding hydrogens is 428 g/mol. The molecule has 0 saturated heterocycles. The third-order valence-corrected chi connectivity index (χ3v) is 5.45. The van der Waals surface area contributed by atoms with Gasteiger partial charge in [-0.25, -0.2) is 18.4 Å². The molecule has 3 aromatic rings. The zero-order valence-corrected chi connectivity index (χ0v) is 18.2. The molecule has 8 heteroatoms. The van der Waals surface area contributed by atoms with Crippen LogP contribution >= 0.6 is 0 Å². The minimum Gasteiger partial charge on any atom is -0.465 e. The van der Waals surface area contributed by atoms with Crippen LogP contribution in [0.25, 0.3) is 0 Å². The molecule has 0 atom stereocenters. The van der Waals surface area contributed by atoms with Crippen molar-refractivity contribution in [1.29, 1.82) is 0 Å². The van der Waals surface area contributed by atoms with Crippen molar-refractivity contribution in [1.82, 2.24) is 0 Å². The zero-order valence-electron chi connectivity index (χ0n) is 17.4. The molecule has 3 rings (SSSR count). The molecule has 3 aromatic carbocycles. The lowest BCUT2D eigenvalue weighted by Gasteiger charge is -2.09. The topological polar surface area (TPSA) is 116 Å². The van der Waals surface area contributed by atoms with Crippen LogP contribution in [-0.4, -0.2) is 27.4 Å². The maximum absolute atomic E-state index is 12.7. The van der Waals surface area contributed by atoms with Gasteiger partial charge in [-0.15, -0.1) is 0 Å². The van der Waals surface area contributed by atoms with Crippen LogP contribution < -0.4 is 10.5 Å². The highest BCUT2D eigenvalue weighted by molar-refractivity contribution is 7.89. The summed E-state index contributed by atoms with van der Waals surface area (Å²) in [5.74, 6) is 5.05. The van der Waals surface area contributed by atoms with Crippen molar-refractivity contribution in [2.24, 2.45) is 5.14 Å².